The van der Waals surface area contributed by atoms with Crippen LogP contribution >= 0.6 is 0 Å². The zero-order chi connectivity index (χ0) is 21.2. The lowest BCUT2D eigenvalue weighted by Gasteiger charge is -2.42. The van der Waals surface area contributed by atoms with Crippen molar-refractivity contribution in [3.05, 3.63) is 70.0 Å². The number of amides is 4. The molecule has 9 heteroatoms. The predicted octanol–water partition coefficient (Wildman–Crippen LogP) is 2.20. The Hall–Kier alpha value is -3.62. The molecule has 0 radical (unpaired) electrons. The Bertz CT molecular complexity index is 935. The first-order chi connectivity index (χ1) is 13.8. The summed E-state index contributed by atoms with van der Waals surface area (Å²) < 4.78 is 0. The smallest absolute Gasteiger partial charge is 0.273 e. The van der Waals surface area contributed by atoms with Crippen molar-refractivity contribution in [2.75, 3.05) is 14.1 Å². The van der Waals surface area contributed by atoms with Crippen LogP contribution in [0.2, 0.25) is 0 Å². The van der Waals surface area contributed by atoms with E-state index in [2.05, 4.69) is 4.98 Å². The molecule has 1 saturated heterocycles. The zero-order valence-corrected chi connectivity index (χ0v) is 16.1. The maximum Gasteiger partial charge on any atom is 0.332 e. The molecule has 150 valence electrons. The number of imide groups is 2. The van der Waals surface area contributed by atoms with Crippen molar-refractivity contribution in [1.29, 1.82) is 0 Å². The molecule has 1 fully saturated rings. The zero-order valence-electron chi connectivity index (χ0n) is 16.1. The molecule has 2 aromatic rings. The van der Waals surface area contributed by atoms with Gasteiger partial charge in [-0.3, -0.25) is 34.5 Å². The molecule has 0 bridgehead atoms. The number of carbonyl (C=O) groups is 3. The molecule has 4 amide bonds. The van der Waals surface area contributed by atoms with Crippen molar-refractivity contribution in [1.82, 2.24) is 14.8 Å². The summed E-state index contributed by atoms with van der Waals surface area (Å²) in [6.45, 7) is 0. The number of urea groups is 1. The van der Waals surface area contributed by atoms with Gasteiger partial charge in [-0.1, -0.05) is 12.1 Å². The van der Waals surface area contributed by atoms with Gasteiger partial charge in [0.25, 0.3) is 5.69 Å². The lowest BCUT2D eigenvalue weighted by molar-refractivity contribution is -0.384. The van der Waals surface area contributed by atoms with Crippen molar-refractivity contribution >= 4 is 23.5 Å². The number of hydrogen-bond donors (Lipinski definition) is 0. The number of carbonyl (C=O) groups excluding carboxylic acids is 3. The molecular formula is C20H20N4O5. The summed E-state index contributed by atoms with van der Waals surface area (Å²) in [7, 11) is 2.70. The summed E-state index contributed by atoms with van der Waals surface area (Å²) in [4.78, 5) is 54.8. The van der Waals surface area contributed by atoms with Crippen LogP contribution in [0.1, 0.15) is 17.5 Å². The Morgan fingerprint density at radius 2 is 1.48 bits per heavy atom. The molecule has 0 spiro atoms. The van der Waals surface area contributed by atoms with Gasteiger partial charge in [0.05, 0.1) is 4.92 Å². The molecule has 29 heavy (non-hydrogen) atoms. The average Bonchev–Trinajstić information content (AvgIpc) is 2.74. The van der Waals surface area contributed by atoms with Crippen LogP contribution in [0.15, 0.2) is 48.8 Å². The minimum atomic E-state index is -1.48. The van der Waals surface area contributed by atoms with E-state index in [4.69, 9.17) is 0 Å². The van der Waals surface area contributed by atoms with Crippen LogP contribution in [0.25, 0.3) is 0 Å². The van der Waals surface area contributed by atoms with Gasteiger partial charge in [-0.05, 0) is 42.5 Å². The second-order valence-electron chi connectivity index (χ2n) is 7.05. The normalized spacial score (nSPS) is 16.3. The summed E-state index contributed by atoms with van der Waals surface area (Å²) in [6, 6.07) is 8.66. The Morgan fingerprint density at radius 3 is 2.00 bits per heavy atom. The van der Waals surface area contributed by atoms with Gasteiger partial charge in [-0.25, -0.2) is 4.79 Å². The van der Waals surface area contributed by atoms with E-state index >= 15 is 0 Å². The number of hydrogen-bond acceptors (Lipinski definition) is 6. The van der Waals surface area contributed by atoms with Crippen molar-refractivity contribution < 1.29 is 19.3 Å². The molecular weight excluding hydrogens is 376 g/mol. The van der Waals surface area contributed by atoms with Gasteiger partial charge in [0.2, 0.25) is 11.8 Å². The number of pyridine rings is 1. The molecule has 0 saturated carbocycles. The third-order valence-corrected chi connectivity index (χ3v) is 5.24. The van der Waals surface area contributed by atoms with Crippen LogP contribution in [-0.4, -0.2) is 51.6 Å². The first-order valence-electron chi connectivity index (χ1n) is 8.99. The number of non-ortho nitro benzene ring substituents is 1. The largest absolute Gasteiger partial charge is 0.332 e. The minimum Gasteiger partial charge on any atom is -0.273 e. The van der Waals surface area contributed by atoms with E-state index in [1.807, 2.05) is 0 Å². The Kier molecular flexibility index (Phi) is 5.40. The van der Waals surface area contributed by atoms with Crippen LogP contribution in [-0.2, 0) is 22.4 Å². The molecule has 9 nitrogen and oxygen atoms in total. The highest BCUT2D eigenvalue weighted by Crippen LogP contribution is 2.37. The average molecular weight is 396 g/mol. The van der Waals surface area contributed by atoms with Crippen molar-refractivity contribution in [2.24, 2.45) is 5.41 Å². The van der Waals surface area contributed by atoms with E-state index in [0.29, 0.717) is 12.0 Å². The van der Waals surface area contributed by atoms with Crippen LogP contribution in [0, 0.1) is 15.5 Å². The second kappa shape index (κ2) is 7.78. The van der Waals surface area contributed by atoms with Crippen molar-refractivity contribution in [2.45, 2.75) is 19.3 Å². The fourth-order valence-electron chi connectivity index (χ4n) is 3.58. The number of aromatic nitrogens is 1. The number of aryl methyl sites for hydroxylation is 1. The van der Waals surface area contributed by atoms with Gasteiger partial charge in [-0.15, -0.1) is 0 Å². The fraction of sp³-hybridized carbons (Fsp3) is 0.300. The second-order valence-corrected chi connectivity index (χ2v) is 7.05. The number of nitro benzene ring substituents is 1. The molecule has 1 aromatic carbocycles. The monoisotopic (exact) mass is 396 g/mol. The van der Waals surface area contributed by atoms with E-state index in [-0.39, 0.29) is 18.5 Å². The van der Waals surface area contributed by atoms with E-state index in [1.165, 1.54) is 38.4 Å². The van der Waals surface area contributed by atoms with Gasteiger partial charge in [0.1, 0.15) is 5.41 Å². The Labute approximate surface area is 167 Å². The van der Waals surface area contributed by atoms with Gasteiger partial charge >= 0.3 is 6.03 Å². The predicted molar refractivity (Wildman–Crippen MR) is 103 cm³/mol. The molecule has 0 unspecified atom stereocenters. The first kappa shape index (κ1) is 20.1. The summed E-state index contributed by atoms with van der Waals surface area (Å²) in [5.41, 5.74) is -0.0454. The van der Waals surface area contributed by atoms with E-state index in [0.717, 1.165) is 15.4 Å². The van der Waals surface area contributed by atoms with Gasteiger partial charge in [0.15, 0.2) is 0 Å². The van der Waals surface area contributed by atoms with Crippen molar-refractivity contribution in [3.63, 3.8) is 0 Å². The molecule has 2 heterocycles. The van der Waals surface area contributed by atoms with Crippen LogP contribution in [0.4, 0.5) is 10.5 Å². The number of benzene rings is 1. The highest BCUT2D eigenvalue weighted by molar-refractivity contribution is 6.18. The molecule has 1 aliphatic rings. The summed E-state index contributed by atoms with van der Waals surface area (Å²) >= 11 is 0. The standard InChI is InChI=1S/C20H20N4O5/c1-22-17(25)20(18(26)23(2)19(22)27,10-7-14-8-11-21-12-9-14)13-15-3-5-16(6-4-15)24(28)29/h3-6,8-9,11-12H,7,10,13H2,1-2H3. The van der Waals surface area contributed by atoms with E-state index < -0.39 is 28.2 Å². The third kappa shape index (κ3) is 3.71. The number of nitrogens with zero attached hydrogens (tertiary/aromatic N) is 4. The molecule has 0 aliphatic carbocycles. The fourth-order valence-corrected chi connectivity index (χ4v) is 3.58. The van der Waals surface area contributed by atoms with Crippen LogP contribution in [0.3, 0.4) is 0 Å². The topological polar surface area (TPSA) is 114 Å². The van der Waals surface area contributed by atoms with Gasteiger partial charge < -0.3 is 0 Å². The molecule has 0 atom stereocenters. The first-order valence-corrected chi connectivity index (χ1v) is 8.99. The van der Waals surface area contributed by atoms with E-state index in [9.17, 15) is 24.5 Å². The summed E-state index contributed by atoms with van der Waals surface area (Å²) in [6.07, 6.45) is 3.92. The Balaban J connectivity index is 1.98. The summed E-state index contributed by atoms with van der Waals surface area (Å²) in [5, 5.41) is 10.9. The lowest BCUT2D eigenvalue weighted by atomic mass is 9.73. The molecule has 1 aliphatic heterocycles. The lowest BCUT2D eigenvalue weighted by Crippen LogP contribution is -2.63. The maximum absolute atomic E-state index is 13.2. The molecule has 0 N–H and O–H groups in total. The van der Waals surface area contributed by atoms with Crippen LogP contribution < -0.4 is 0 Å². The van der Waals surface area contributed by atoms with Crippen LogP contribution in [0.5, 0.6) is 0 Å². The maximum atomic E-state index is 13.2. The highest BCUT2D eigenvalue weighted by atomic mass is 16.6. The minimum absolute atomic E-state index is 0.0374. The Morgan fingerprint density at radius 1 is 0.931 bits per heavy atom. The highest BCUT2D eigenvalue weighted by Gasteiger charge is 2.54. The number of nitro groups is 1. The molecule has 3 rings (SSSR count). The van der Waals surface area contributed by atoms with Gasteiger partial charge in [-0.2, -0.15) is 0 Å². The third-order valence-electron chi connectivity index (χ3n) is 5.24. The van der Waals surface area contributed by atoms with Crippen molar-refractivity contribution in [3.8, 4) is 0 Å². The van der Waals surface area contributed by atoms with Gasteiger partial charge in [0, 0.05) is 38.6 Å². The number of barbiturate groups is 1. The number of rotatable bonds is 6. The van der Waals surface area contributed by atoms with E-state index in [1.54, 1.807) is 24.5 Å². The molecule has 1 aromatic heterocycles. The summed E-state index contributed by atoms with van der Waals surface area (Å²) in [5.74, 6) is -1.14. The SMILES string of the molecule is CN1C(=O)N(C)C(=O)C(CCc2ccncc2)(Cc2ccc([N+](=O)[O-])cc2)C1=O. The quantitative estimate of drug-likeness (QED) is 0.420.